The van der Waals surface area contributed by atoms with Crippen molar-refractivity contribution >= 4 is 38.0 Å². The molecule has 0 radical (unpaired) electrons. The van der Waals surface area contributed by atoms with Gasteiger partial charge in [0, 0.05) is 43.0 Å². The van der Waals surface area contributed by atoms with Gasteiger partial charge in [0.2, 0.25) is 0 Å². The Balaban J connectivity index is 1.39. The van der Waals surface area contributed by atoms with E-state index in [2.05, 4.69) is 43.0 Å². The number of aromatic nitrogens is 2. The molecule has 3 heterocycles. The maximum Gasteiger partial charge on any atom is 0.275 e. The molecule has 1 aromatic carbocycles. The quantitative estimate of drug-likeness (QED) is 0.652. The summed E-state index contributed by atoms with van der Waals surface area (Å²) in [6, 6.07) is 11.9. The first-order valence-corrected chi connectivity index (χ1v) is 9.94. The molecule has 130 valence electrons. The standard InChI is InChI=1S/C18H19BrN4OS/c19-17-6-5-15(25-17)12-21-7-9-22(10-8-21)13-23-18(24)16-4-2-1-3-14(16)11-20-23/h1-6,11H,7-10,12-13H2. The lowest BCUT2D eigenvalue weighted by Crippen LogP contribution is -2.47. The van der Waals surface area contributed by atoms with Crippen molar-refractivity contribution in [2.24, 2.45) is 0 Å². The third kappa shape index (κ3) is 3.84. The fraction of sp³-hybridized carbons (Fsp3) is 0.333. The van der Waals surface area contributed by atoms with E-state index in [4.69, 9.17) is 0 Å². The van der Waals surface area contributed by atoms with Gasteiger partial charge < -0.3 is 0 Å². The number of piperazine rings is 1. The Morgan fingerprint density at radius 1 is 1.04 bits per heavy atom. The second-order valence-electron chi connectivity index (χ2n) is 6.28. The molecule has 0 saturated carbocycles. The van der Waals surface area contributed by atoms with Crippen LogP contribution in [0, 0.1) is 0 Å². The molecule has 0 N–H and O–H groups in total. The highest BCUT2D eigenvalue weighted by Crippen LogP contribution is 2.23. The summed E-state index contributed by atoms with van der Waals surface area (Å²) in [7, 11) is 0. The summed E-state index contributed by atoms with van der Waals surface area (Å²) in [5, 5.41) is 5.97. The smallest absolute Gasteiger partial charge is 0.275 e. The largest absolute Gasteiger partial charge is 0.296 e. The van der Waals surface area contributed by atoms with Crippen LogP contribution in [-0.2, 0) is 13.2 Å². The van der Waals surface area contributed by atoms with Crippen molar-refractivity contribution in [1.29, 1.82) is 0 Å². The predicted molar refractivity (Wildman–Crippen MR) is 105 cm³/mol. The van der Waals surface area contributed by atoms with E-state index in [0.717, 1.165) is 43.5 Å². The van der Waals surface area contributed by atoms with Crippen LogP contribution in [0.5, 0.6) is 0 Å². The van der Waals surface area contributed by atoms with Gasteiger partial charge in [0.15, 0.2) is 0 Å². The van der Waals surface area contributed by atoms with E-state index in [1.54, 1.807) is 22.2 Å². The average molecular weight is 419 g/mol. The summed E-state index contributed by atoms with van der Waals surface area (Å²) >= 11 is 5.31. The summed E-state index contributed by atoms with van der Waals surface area (Å²) in [6.45, 7) is 5.48. The van der Waals surface area contributed by atoms with Gasteiger partial charge in [0.1, 0.15) is 0 Å². The molecule has 25 heavy (non-hydrogen) atoms. The normalized spacial score (nSPS) is 16.5. The molecule has 0 amide bonds. The lowest BCUT2D eigenvalue weighted by atomic mass is 10.2. The summed E-state index contributed by atoms with van der Waals surface area (Å²) < 4.78 is 2.76. The van der Waals surface area contributed by atoms with Crippen LogP contribution < -0.4 is 5.56 Å². The van der Waals surface area contributed by atoms with Gasteiger partial charge in [-0.1, -0.05) is 18.2 Å². The number of hydrogen-bond donors (Lipinski definition) is 0. The van der Waals surface area contributed by atoms with Crippen molar-refractivity contribution in [2.45, 2.75) is 13.2 Å². The minimum absolute atomic E-state index is 0.0102. The number of fused-ring (bicyclic) bond motifs is 1. The van der Waals surface area contributed by atoms with E-state index in [1.807, 2.05) is 24.3 Å². The van der Waals surface area contributed by atoms with Gasteiger partial charge in [0.25, 0.3) is 5.56 Å². The highest BCUT2D eigenvalue weighted by atomic mass is 79.9. The fourth-order valence-corrected chi connectivity index (χ4v) is 4.69. The molecule has 1 aliphatic heterocycles. The Morgan fingerprint density at radius 2 is 1.80 bits per heavy atom. The SMILES string of the molecule is O=c1c2ccccc2cnn1CN1CCN(Cc2ccc(Br)s2)CC1. The van der Waals surface area contributed by atoms with Crippen molar-refractivity contribution < 1.29 is 0 Å². The topological polar surface area (TPSA) is 41.4 Å². The molecule has 1 aliphatic rings. The maximum atomic E-state index is 12.6. The fourth-order valence-electron chi connectivity index (χ4n) is 3.16. The van der Waals surface area contributed by atoms with Crippen molar-refractivity contribution in [3.8, 4) is 0 Å². The molecule has 2 aromatic heterocycles. The number of thiophene rings is 1. The van der Waals surface area contributed by atoms with Crippen LogP contribution in [0.15, 0.2) is 51.2 Å². The van der Waals surface area contributed by atoms with Gasteiger partial charge in [-0.05, 0) is 34.1 Å². The molecule has 4 rings (SSSR count). The van der Waals surface area contributed by atoms with Crippen LogP contribution in [0.2, 0.25) is 0 Å². The Hall–Kier alpha value is -1.54. The van der Waals surface area contributed by atoms with Crippen molar-refractivity contribution in [1.82, 2.24) is 19.6 Å². The molecule has 1 saturated heterocycles. The Labute approximate surface area is 158 Å². The maximum absolute atomic E-state index is 12.6. The Kier molecular flexibility index (Phi) is 4.98. The molecule has 0 spiro atoms. The van der Waals surface area contributed by atoms with Gasteiger partial charge in [-0.15, -0.1) is 11.3 Å². The Bertz CT molecular complexity index is 930. The highest BCUT2D eigenvalue weighted by Gasteiger charge is 2.18. The average Bonchev–Trinajstić information content (AvgIpc) is 3.04. The highest BCUT2D eigenvalue weighted by molar-refractivity contribution is 9.11. The van der Waals surface area contributed by atoms with Crippen molar-refractivity contribution in [3.05, 3.63) is 61.6 Å². The van der Waals surface area contributed by atoms with Crippen LogP contribution in [0.1, 0.15) is 4.88 Å². The van der Waals surface area contributed by atoms with Gasteiger partial charge in [-0.2, -0.15) is 5.10 Å². The first-order chi connectivity index (χ1) is 12.2. The van der Waals surface area contributed by atoms with Crippen LogP contribution in [-0.4, -0.2) is 45.8 Å². The molecular weight excluding hydrogens is 400 g/mol. The minimum atomic E-state index is -0.0102. The molecule has 0 unspecified atom stereocenters. The first-order valence-electron chi connectivity index (χ1n) is 8.33. The summed E-state index contributed by atoms with van der Waals surface area (Å²) in [5.74, 6) is 0. The predicted octanol–water partition coefficient (Wildman–Crippen LogP) is 3.00. The molecule has 0 aliphatic carbocycles. The zero-order valence-corrected chi connectivity index (χ0v) is 16.2. The molecule has 1 fully saturated rings. The Morgan fingerprint density at radius 3 is 2.56 bits per heavy atom. The minimum Gasteiger partial charge on any atom is -0.296 e. The number of hydrogen-bond acceptors (Lipinski definition) is 5. The van der Waals surface area contributed by atoms with Gasteiger partial charge >= 0.3 is 0 Å². The summed E-state index contributed by atoms with van der Waals surface area (Å²) in [4.78, 5) is 18.7. The third-order valence-electron chi connectivity index (χ3n) is 4.57. The van der Waals surface area contributed by atoms with E-state index in [9.17, 15) is 4.79 Å². The zero-order chi connectivity index (χ0) is 17.2. The number of halogens is 1. The second-order valence-corrected chi connectivity index (χ2v) is 8.83. The lowest BCUT2D eigenvalue weighted by Gasteiger charge is -2.34. The zero-order valence-electron chi connectivity index (χ0n) is 13.8. The van der Waals surface area contributed by atoms with Crippen LogP contribution >= 0.6 is 27.3 Å². The molecule has 5 nitrogen and oxygen atoms in total. The first kappa shape index (κ1) is 16.9. The molecule has 7 heteroatoms. The summed E-state index contributed by atoms with van der Waals surface area (Å²) in [5.41, 5.74) is -0.0102. The molecule has 0 bridgehead atoms. The van der Waals surface area contributed by atoms with E-state index in [1.165, 1.54) is 8.66 Å². The monoisotopic (exact) mass is 418 g/mol. The van der Waals surface area contributed by atoms with Crippen molar-refractivity contribution in [3.63, 3.8) is 0 Å². The lowest BCUT2D eigenvalue weighted by molar-refractivity contribution is 0.0978. The molecular formula is C18H19BrN4OS. The van der Waals surface area contributed by atoms with Gasteiger partial charge in [-0.3, -0.25) is 14.6 Å². The summed E-state index contributed by atoms with van der Waals surface area (Å²) in [6.07, 6.45) is 1.78. The van der Waals surface area contributed by atoms with Gasteiger partial charge in [0.05, 0.1) is 22.0 Å². The molecule has 3 aromatic rings. The number of nitrogens with zero attached hydrogens (tertiary/aromatic N) is 4. The van der Waals surface area contributed by atoms with E-state index in [-0.39, 0.29) is 5.56 Å². The van der Waals surface area contributed by atoms with Crippen LogP contribution in [0.3, 0.4) is 0 Å². The van der Waals surface area contributed by atoms with Gasteiger partial charge in [-0.25, -0.2) is 4.68 Å². The second kappa shape index (κ2) is 7.37. The van der Waals surface area contributed by atoms with Crippen LogP contribution in [0.25, 0.3) is 10.8 Å². The number of benzene rings is 1. The third-order valence-corrected chi connectivity index (χ3v) is 6.18. The van der Waals surface area contributed by atoms with E-state index < -0.39 is 0 Å². The van der Waals surface area contributed by atoms with Crippen LogP contribution in [0.4, 0.5) is 0 Å². The number of rotatable bonds is 4. The molecule has 0 atom stereocenters. The van der Waals surface area contributed by atoms with Crippen molar-refractivity contribution in [2.75, 3.05) is 26.2 Å². The van der Waals surface area contributed by atoms with E-state index in [0.29, 0.717) is 6.67 Å². The van der Waals surface area contributed by atoms with E-state index >= 15 is 0 Å².